The lowest BCUT2D eigenvalue weighted by Gasteiger charge is -2.06. The van der Waals surface area contributed by atoms with Gasteiger partial charge in [0.05, 0.1) is 7.11 Å². The molecule has 0 saturated carbocycles. The monoisotopic (exact) mass is 247 g/mol. The Balaban J connectivity index is 1.98. The lowest BCUT2D eigenvalue weighted by molar-refractivity contribution is 0.262. The van der Waals surface area contributed by atoms with Crippen molar-refractivity contribution in [1.82, 2.24) is 15.2 Å². The molecule has 7 nitrogen and oxygen atoms in total. The van der Waals surface area contributed by atoms with Crippen LogP contribution in [-0.4, -0.2) is 28.3 Å². The van der Waals surface area contributed by atoms with Crippen molar-refractivity contribution >= 4 is 17.7 Å². The number of methoxy groups -OCH3 is 1. The van der Waals surface area contributed by atoms with Crippen LogP contribution in [-0.2, 0) is 0 Å². The number of amides is 2. The molecule has 18 heavy (non-hydrogen) atoms. The highest BCUT2D eigenvalue weighted by molar-refractivity contribution is 5.98. The summed E-state index contributed by atoms with van der Waals surface area (Å²) in [6.07, 6.45) is 0. The Morgan fingerprint density at radius 2 is 2.22 bits per heavy atom. The van der Waals surface area contributed by atoms with E-state index in [1.54, 1.807) is 38.3 Å². The summed E-state index contributed by atoms with van der Waals surface area (Å²) in [4.78, 5) is 15.6. The van der Waals surface area contributed by atoms with Crippen LogP contribution in [0.2, 0.25) is 0 Å². The smallest absolute Gasteiger partial charge is 0.326 e. The van der Waals surface area contributed by atoms with Crippen LogP contribution in [0, 0.1) is 6.92 Å². The number of nitrogens with zero attached hydrogens (tertiary/aromatic N) is 2. The van der Waals surface area contributed by atoms with Crippen LogP contribution >= 0.6 is 0 Å². The lowest BCUT2D eigenvalue weighted by Crippen LogP contribution is -2.20. The summed E-state index contributed by atoms with van der Waals surface area (Å²) in [5.74, 6) is 1.53. The van der Waals surface area contributed by atoms with Crippen molar-refractivity contribution in [3.63, 3.8) is 0 Å². The molecule has 0 radical (unpaired) electrons. The number of anilines is 2. The number of aryl methyl sites for hydroxylation is 1. The van der Waals surface area contributed by atoms with Crippen LogP contribution in [0.25, 0.3) is 0 Å². The van der Waals surface area contributed by atoms with E-state index in [9.17, 15) is 4.79 Å². The van der Waals surface area contributed by atoms with Crippen molar-refractivity contribution in [3.8, 4) is 5.75 Å². The van der Waals surface area contributed by atoms with Crippen LogP contribution < -0.4 is 15.4 Å². The Bertz CT molecular complexity index is 552. The third kappa shape index (κ3) is 2.97. The summed E-state index contributed by atoms with van der Waals surface area (Å²) < 4.78 is 5.06. The van der Waals surface area contributed by atoms with Crippen molar-refractivity contribution < 1.29 is 9.53 Å². The number of nitrogens with one attached hydrogen (secondary N) is 3. The van der Waals surface area contributed by atoms with Crippen LogP contribution in [0.15, 0.2) is 24.3 Å². The number of H-pyrrole nitrogens is 1. The van der Waals surface area contributed by atoms with Gasteiger partial charge < -0.3 is 10.1 Å². The summed E-state index contributed by atoms with van der Waals surface area (Å²) in [7, 11) is 1.57. The molecule has 0 spiro atoms. The van der Waals surface area contributed by atoms with E-state index in [1.807, 2.05) is 0 Å². The molecule has 0 aliphatic rings. The number of urea groups is 1. The topological polar surface area (TPSA) is 91.9 Å². The maximum absolute atomic E-state index is 11.6. The van der Waals surface area contributed by atoms with Gasteiger partial charge in [-0.2, -0.15) is 4.98 Å². The number of hydrogen-bond acceptors (Lipinski definition) is 4. The zero-order valence-electron chi connectivity index (χ0n) is 10.0. The van der Waals surface area contributed by atoms with Gasteiger partial charge in [-0.3, -0.25) is 10.4 Å². The van der Waals surface area contributed by atoms with Gasteiger partial charge >= 0.3 is 6.03 Å². The van der Waals surface area contributed by atoms with E-state index in [0.29, 0.717) is 17.3 Å². The highest BCUT2D eigenvalue weighted by Crippen LogP contribution is 2.16. The van der Waals surface area contributed by atoms with Gasteiger partial charge in [-0.25, -0.2) is 4.79 Å². The third-order valence-corrected chi connectivity index (χ3v) is 2.15. The summed E-state index contributed by atoms with van der Waals surface area (Å²) in [6.45, 7) is 1.75. The molecular weight excluding hydrogens is 234 g/mol. The highest BCUT2D eigenvalue weighted by Gasteiger charge is 2.06. The second kappa shape index (κ2) is 5.17. The molecule has 0 aliphatic heterocycles. The van der Waals surface area contributed by atoms with Crippen molar-refractivity contribution in [1.29, 1.82) is 0 Å². The first-order chi connectivity index (χ1) is 8.67. The van der Waals surface area contributed by atoms with Crippen LogP contribution in [0.1, 0.15) is 5.82 Å². The standard InChI is InChI=1S/C11H13N5O2/c1-7-12-10(16-15-7)14-11(17)13-8-4-3-5-9(6-8)18-2/h3-6H,1-2H3,(H3,12,13,14,15,16,17). The van der Waals surface area contributed by atoms with Crippen molar-refractivity contribution in [3.05, 3.63) is 30.1 Å². The minimum absolute atomic E-state index is 0.230. The van der Waals surface area contributed by atoms with E-state index in [0.717, 1.165) is 0 Å². The fourth-order valence-corrected chi connectivity index (χ4v) is 1.36. The largest absolute Gasteiger partial charge is 0.497 e. The molecule has 2 aromatic rings. The van der Waals surface area contributed by atoms with Crippen molar-refractivity contribution in [2.75, 3.05) is 17.7 Å². The summed E-state index contributed by atoms with van der Waals surface area (Å²) in [5, 5.41) is 11.6. The average molecular weight is 247 g/mol. The maximum Gasteiger partial charge on any atom is 0.326 e. The Morgan fingerprint density at radius 1 is 1.39 bits per heavy atom. The number of benzene rings is 1. The van der Waals surface area contributed by atoms with Gasteiger partial charge in [0.2, 0.25) is 5.95 Å². The van der Waals surface area contributed by atoms with E-state index >= 15 is 0 Å². The second-order valence-corrected chi connectivity index (χ2v) is 3.56. The number of carbonyl (C=O) groups is 1. The van der Waals surface area contributed by atoms with Crippen LogP contribution in [0.5, 0.6) is 5.75 Å². The lowest BCUT2D eigenvalue weighted by atomic mass is 10.3. The van der Waals surface area contributed by atoms with Crippen molar-refractivity contribution in [2.45, 2.75) is 6.92 Å². The van der Waals surface area contributed by atoms with Gasteiger partial charge in [0.25, 0.3) is 0 Å². The molecule has 0 saturated heterocycles. The first kappa shape index (κ1) is 11.9. The fraction of sp³-hybridized carbons (Fsp3) is 0.182. The predicted molar refractivity (Wildman–Crippen MR) is 66.8 cm³/mol. The molecule has 2 amide bonds. The fourth-order valence-electron chi connectivity index (χ4n) is 1.36. The second-order valence-electron chi connectivity index (χ2n) is 3.56. The number of hydrogen-bond donors (Lipinski definition) is 3. The van der Waals surface area contributed by atoms with Gasteiger partial charge in [-0.1, -0.05) is 6.07 Å². The first-order valence-electron chi connectivity index (χ1n) is 5.28. The Kier molecular flexibility index (Phi) is 3.42. The third-order valence-electron chi connectivity index (χ3n) is 2.15. The summed E-state index contributed by atoms with van der Waals surface area (Å²) >= 11 is 0. The molecule has 0 atom stereocenters. The average Bonchev–Trinajstić information content (AvgIpc) is 2.74. The zero-order valence-corrected chi connectivity index (χ0v) is 10.0. The molecule has 94 valence electrons. The molecule has 1 heterocycles. The molecule has 0 unspecified atom stereocenters. The molecule has 0 fully saturated rings. The molecule has 1 aromatic carbocycles. The number of aromatic amines is 1. The SMILES string of the molecule is COc1cccc(NC(=O)Nc2n[nH]c(C)n2)c1. The molecule has 1 aromatic heterocycles. The van der Waals surface area contributed by atoms with Gasteiger partial charge in [-0.15, -0.1) is 5.10 Å². The molecular formula is C11H13N5O2. The molecule has 3 N–H and O–H groups in total. The number of rotatable bonds is 3. The van der Waals surface area contributed by atoms with Gasteiger partial charge in [0.15, 0.2) is 0 Å². The molecule has 2 rings (SSSR count). The van der Waals surface area contributed by atoms with Crippen LogP contribution in [0.3, 0.4) is 0 Å². The molecule has 0 aliphatic carbocycles. The first-order valence-corrected chi connectivity index (χ1v) is 5.28. The van der Waals surface area contributed by atoms with E-state index in [1.165, 1.54) is 0 Å². The Hall–Kier alpha value is -2.57. The summed E-state index contributed by atoms with van der Waals surface area (Å²) in [6, 6.07) is 6.63. The molecule has 0 bridgehead atoms. The van der Waals surface area contributed by atoms with Gasteiger partial charge in [0, 0.05) is 11.8 Å². The zero-order chi connectivity index (χ0) is 13.0. The summed E-state index contributed by atoms with van der Waals surface area (Å²) in [5.41, 5.74) is 0.624. The quantitative estimate of drug-likeness (QED) is 0.770. The minimum Gasteiger partial charge on any atom is -0.497 e. The van der Waals surface area contributed by atoms with E-state index < -0.39 is 6.03 Å². The van der Waals surface area contributed by atoms with E-state index in [-0.39, 0.29) is 5.95 Å². The predicted octanol–water partition coefficient (Wildman–Crippen LogP) is 1.77. The van der Waals surface area contributed by atoms with E-state index in [4.69, 9.17) is 4.74 Å². The maximum atomic E-state index is 11.6. The van der Waals surface area contributed by atoms with Crippen LogP contribution in [0.4, 0.5) is 16.4 Å². The number of ether oxygens (including phenoxy) is 1. The molecule has 7 heteroatoms. The van der Waals surface area contributed by atoms with Gasteiger partial charge in [0.1, 0.15) is 11.6 Å². The van der Waals surface area contributed by atoms with Crippen molar-refractivity contribution in [2.24, 2.45) is 0 Å². The van der Waals surface area contributed by atoms with E-state index in [2.05, 4.69) is 25.8 Å². The highest BCUT2D eigenvalue weighted by atomic mass is 16.5. The Morgan fingerprint density at radius 3 is 2.89 bits per heavy atom. The van der Waals surface area contributed by atoms with Gasteiger partial charge in [-0.05, 0) is 19.1 Å². The normalized spacial score (nSPS) is 9.89. The number of aromatic nitrogens is 3. The number of carbonyl (C=O) groups excluding carboxylic acids is 1. The minimum atomic E-state index is -0.415. The Labute approximate surface area is 104 Å².